The van der Waals surface area contributed by atoms with Crippen LogP contribution in [0.5, 0.6) is 0 Å². The van der Waals surface area contributed by atoms with Gasteiger partial charge in [0.25, 0.3) is 0 Å². The predicted molar refractivity (Wildman–Crippen MR) is 70.8 cm³/mol. The number of ketones is 1. The van der Waals surface area contributed by atoms with Crippen molar-refractivity contribution in [1.29, 1.82) is 0 Å². The highest BCUT2D eigenvalue weighted by molar-refractivity contribution is 6.37. The summed E-state index contributed by atoms with van der Waals surface area (Å²) in [5.41, 5.74) is 1.23. The lowest BCUT2D eigenvalue weighted by atomic mass is 10.0. The lowest BCUT2D eigenvalue weighted by Gasteiger charge is -2.10. The normalized spacial score (nSPS) is 12.1. The topological polar surface area (TPSA) is 17.1 Å². The van der Waals surface area contributed by atoms with Crippen LogP contribution in [0, 0.1) is 0 Å². The van der Waals surface area contributed by atoms with Crippen LogP contribution in [0.25, 0.3) is 0 Å². The minimum absolute atomic E-state index is 0.139. The fraction of sp³-hybridized carbons (Fsp3) is 0.0714. The van der Waals surface area contributed by atoms with Crippen molar-refractivity contribution in [2.45, 2.75) is 5.38 Å². The Kier molecular flexibility index (Phi) is 3.82. The molecule has 0 saturated heterocycles. The summed E-state index contributed by atoms with van der Waals surface area (Å²) in [6.45, 7) is 0. The number of halogens is 2. The first-order valence-corrected chi connectivity index (χ1v) is 5.99. The highest BCUT2D eigenvalue weighted by Crippen LogP contribution is 2.30. The monoisotopic (exact) mass is 264 g/mol. The van der Waals surface area contributed by atoms with Crippen LogP contribution in [-0.2, 0) is 0 Å². The summed E-state index contributed by atoms with van der Waals surface area (Å²) in [6, 6.07) is 16.1. The Hall–Kier alpha value is -1.31. The van der Waals surface area contributed by atoms with Crippen LogP contribution >= 0.6 is 23.2 Å². The van der Waals surface area contributed by atoms with Crippen LogP contribution in [0.3, 0.4) is 0 Å². The molecule has 2 rings (SSSR count). The zero-order valence-electron chi connectivity index (χ0n) is 8.94. The molecule has 0 aromatic heterocycles. The van der Waals surface area contributed by atoms with Crippen molar-refractivity contribution in [2.24, 2.45) is 0 Å². The van der Waals surface area contributed by atoms with Gasteiger partial charge in [-0.25, -0.2) is 0 Å². The van der Waals surface area contributed by atoms with E-state index in [0.717, 1.165) is 0 Å². The molecular formula is C14H10Cl2O. The second-order valence-corrected chi connectivity index (χ2v) is 4.46. The van der Waals surface area contributed by atoms with E-state index >= 15 is 0 Å². The Labute approximate surface area is 110 Å². The lowest BCUT2D eigenvalue weighted by molar-refractivity contribution is 0.0987. The molecule has 0 spiro atoms. The van der Waals surface area contributed by atoms with E-state index in [1.54, 1.807) is 24.3 Å². The van der Waals surface area contributed by atoms with Crippen molar-refractivity contribution < 1.29 is 4.79 Å². The van der Waals surface area contributed by atoms with E-state index in [9.17, 15) is 4.79 Å². The molecule has 86 valence electrons. The number of Topliss-reactive ketones (excluding diaryl/α,β-unsaturated/α-hetero) is 1. The number of benzene rings is 2. The van der Waals surface area contributed by atoms with Gasteiger partial charge in [-0.2, -0.15) is 0 Å². The molecular weight excluding hydrogens is 255 g/mol. The molecule has 17 heavy (non-hydrogen) atoms. The first kappa shape index (κ1) is 12.2. The summed E-state index contributed by atoms with van der Waals surface area (Å²) in [5.74, 6) is -0.139. The van der Waals surface area contributed by atoms with Gasteiger partial charge in [0.1, 0.15) is 5.38 Å². The Morgan fingerprint density at radius 3 is 2.18 bits per heavy atom. The molecule has 0 radical (unpaired) electrons. The zero-order valence-corrected chi connectivity index (χ0v) is 10.4. The minimum Gasteiger partial charge on any atom is -0.292 e. The largest absolute Gasteiger partial charge is 0.292 e. The SMILES string of the molecule is O=C(c1ccccc1)C(Cl)c1ccccc1Cl. The molecule has 1 atom stereocenters. The summed E-state index contributed by atoms with van der Waals surface area (Å²) in [5, 5.41) is -0.233. The van der Waals surface area contributed by atoms with Gasteiger partial charge in [0.15, 0.2) is 5.78 Å². The zero-order chi connectivity index (χ0) is 12.3. The third kappa shape index (κ3) is 2.68. The molecule has 0 saturated carbocycles. The van der Waals surface area contributed by atoms with E-state index < -0.39 is 5.38 Å². The van der Waals surface area contributed by atoms with Crippen LogP contribution in [0.4, 0.5) is 0 Å². The summed E-state index contributed by atoms with van der Waals surface area (Å²) < 4.78 is 0. The highest BCUT2D eigenvalue weighted by Gasteiger charge is 2.20. The Balaban J connectivity index is 2.30. The van der Waals surface area contributed by atoms with Crippen LogP contribution in [0.15, 0.2) is 54.6 Å². The molecule has 0 amide bonds. The summed E-state index contributed by atoms with van der Waals surface area (Å²) in [7, 11) is 0. The Morgan fingerprint density at radius 2 is 1.53 bits per heavy atom. The van der Waals surface area contributed by atoms with E-state index in [2.05, 4.69) is 0 Å². The number of alkyl halides is 1. The van der Waals surface area contributed by atoms with Gasteiger partial charge in [0.2, 0.25) is 0 Å². The molecule has 0 aliphatic heterocycles. The van der Waals surface area contributed by atoms with E-state index in [-0.39, 0.29) is 5.78 Å². The molecule has 1 nitrogen and oxygen atoms in total. The third-order valence-corrected chi connectivity index (χ3v) is 3.24. The second kappa shape index (κ2) is 5.35. The van der Waals surface area contributed by atoms with E-state index in [4.69, 9.17) is 23.2 Å². The van der Waals surface area contributed by atoms with Gasteiger partial charge in [-0.05, 0) is 11.6 Å². The minimum atomic E-state index is -0.744. The predicted octanol–water partition coefficient (Wildman–Crippen LogP) is 4.50. The highest BCUT2D eigenvalue weighted by atomic mass is 35.5. The van der Waals surface area contributed by atoms with Crippen molar-refractivity contribution >= 4 is 29.0 Å². The van der Waals surface area contributed by atoms with Crippen LogP contribution in [0.2, 0.25) is 5.02 Å². The fourth-order valence-corrected chi connectivity index (χ4v) is 2.19. The molecule has 2 aromatic rings. The average Bonchev–Trinajstić information content (AvgIpc) is 2.39. The maximum absolute atomic E-state index is 12.1. The van der Waals surface area contributed by atoms with E-state index in [0.29, 0.717) is 16.1 Å². The van der Waals surface area contributed by atoms with Gasteiger partial charge >= 0.3 is 0 Å². The van der Waals surface area contributed by atoms with Gasteiger partial charge in [0, 0.05) is 10.6 Å². The van der Waals surface area contributed by atoms with Gasteiger partial charge in [-0.1, -0.05) is 60.1 Å². The maximum Gasteiger partial charge on any atom is 0.185 e. The van der Waals surface area contributed by atoms with Crippen molar-refractivity contribution in [2.75, 3.05) is 0 Å². The van der Waals surface area contributed by atoms with Crippen molar-refractivity contribution in [3.05, 3.63) is 70.7 Å². The number of carbonyl (C=O) groups excluding carboxylic acids is 1. The first-order chi connectivity index (χ1) is 8.20. The van der Waals surface area contributed by atoms with Crippen molar-refractivity contribution in [3.8, 4) is 0 Å². The Morgan fingerprint density at radius 1 is 0.941 bits per heavy atom. The van der Waals surface area contributed by atoms with E-state index in [1.165, 1.54) is 0 Å². The Bertz CT molecular complexity index is 523. The average molecular weight is 265 g/mol. The van der Waals surface area contributed by atoms with Crippen LogP contribution in [-0.4, -0.2) is 5.78 Å². The van der Waals surface area contributed by atoms with E-state index in [1.807, 2.05) is 30.3 Å². The van der Waals surface area contributed by atoms with Crippen molar-refractivity contribution in [3.63, 3.8) is 0 Å². The number of hydrogen-bond donors (Lipinski definition) is 0. The number of hydrogen-bond acceptors (Lipinski definition) is 1. The van der Waals surface area contributed by atoms with Gasteiger partial charge in [0.05, 0.1) is 0 Å². The molecule has 0 N–H and O–H groups in total. The van der Waals surface area contributed by atoms with Crippen LogP contribution in [0.1, 0.15) is 21.3 Å². The molecule has 0 bridgehead atoms. The maximum atomic E-state index is 12.1. The second-order valence-electron chi connectivity index (χ2n) is 3.61. The summed E-state index contributed by atoms with van der Waals surface area (Å²) in [4.78, 5) is 12.1. The quantitative estimate of drug-likeness (QED) is 0.589. The van der Waals surface area contributed by atoms with Gasteiger partial charge in [-0.15, -0.1) is 11.6 Å². The smallest absolute Gasteiger partial charge is 0.185 e. The molecule has 1 unspecified atom stereocenters. The molecule has 2 aromatic carbocycles. The molecule has 0 heterocycles. The first-order valence-electron chi connectivity index (χ1n) is 5.18. The standard InChI is InChI=1S/C14H10Cl2O/c15-12-9-5-4-8-11(12)13(16)14(17)10-6-2-1-3-7-10/h1-9,13H. The third-order valence-electron chi connectivity index (χ3n) is 2.47. The van der Waals surface area contributed by atoms with Crippen LogP contribution < -0.4 is 0 Å². The van der Waals surface area contributed by atoms with Gasteiger partial charge < -0.3 is 0 Å². The van der Waals surface area contributed by atoms with Gasteiger partial charge in [-0.3, -0.25) is 4.79 Å². The van der Waals surface area contributed by atoms with Crippen molar-refractivity contribution in [1.82, 2.24) is 0 Å². The molecule has 0 fully saturated rings. The number of carbonyl (C=O) groups is 1. The molecule has 0 aliphatic rings. The lowest BCUT2D eigenvalue weighted by Crippen LogP contribution is -2.07. The molecule has 3 heteroatoms. The summed E-state index contributed by atoms with van der Waals surface area (Å²) in [6.07, 6.45) is 0. The summed E-state index contributed by atoms with van der Waals surface area (Å²) >= 11 is 12.2. The molecule has 0 aliphatic carbocycles. The fourth-order valence-electron chi connectivity index (χ4n) is 1.57. The number of rotatable bonds is 3.